The lowest BCUT2D eigenvalue weighted by atomic mass is 10.2. The Balaban J connectivity index is 2.33. The van der Waals surface area contributed by atoms with Crippen LogP contribution >= 0.6 is 11.8 Å². The van der Waals surface area contributed by atoms with E-state index in [0.717, 1.165) is 23.7 Å². The van der Waals surface area contributed by atoms with E-state index in [1.165, 1.54) is 11.8 Å². The fourth-order valence-electron chi connectivity index (χ4n) is 1.66. The number of carbonyl (C=O) groups is 1. The van der Waals surface area contributed by atoms with Gasteiger partial charge >= 0.3 is 5.97 Å². The van der Waals surface area contributed by atoms with E-state index in [1.54, 1.807) is 18.3 Å². The molecule has 19 heavy (non-hydrogen) atoms. The summed E-state index contributed by atoms with van der Waals surface area (Å²) in [5.41, 5.74) is 1.08. The van der Waals surface area contributed by atoms with Gasteiger partial charge in [0, 0.05) is 25.1 Å². The van der Waals surface area contributed by atoms with Gasteiger partial charge < -0.3 is 9.67 Å². The summed E-state index contributed by atoms with van der Waals surface area (Å²) in [5, 5.41) is 10.6. The lowest BCUT2D eigenvalue weighted by Crippen LogP contribution is -2.01. The molecule has 0 spiro atoms. The molecule has 6 heteroatoms. The first kappa shape index (κ1) is 13.6. The molecule has 0 amide bonds. The van der Waals surface area contributed by atoms with Crippen molar-refractivity contribution < 1.29 is 9.90 Å². The van der Waals surface area contributed by atoms with E-state index < -0.39 is 5.97 Å². The highest BCUT2D eigenvalue weighted by atomic mass is 32.2. The molecule has 5 nitrogen and oxygen atoms in total. The number of aromatic nitrogens is 3. The number of pyridine rings is 1. The molecule has 2 aromatic rings. The molecule has 0 saturated carbocycles. The molecule has 1 N–H and O–H groups in total. The van der Waals surface area contributed by atoms with Gasteiger partial charge in [-0.2, -0.15) is 0 Å². The van der Waals surface area contributed by atoms with Gasteiger partial charge in [0.25, 0.3) is 0 Å². The first-order valence-corrected chi connectivity index (χ1v) is 6.81. The molecule has 2 aromatic heterocycles. The van der Waals surface area contributed by atoms with Gasteiger partial charge in [-0.05, 0) is 30.3 Å². The molecule has 0 aliphatic heterocycles. The Bertz CT molecular complexity index is 595. The third kappa shape index (κ3) is 3.35. The average Bonchev–Trinajstić information content (AvgIpc) is 2.75. The van der Waals surface area contributed by atoms with Crippen LogP contribution in [-0.2, 0) is 13.5 Å². The molecule has 0 aliphatic rings. The molecule has 0 unspecified atom stereocenters. The van der Waals surface area contributed by atoms with Crippen molar-refractivity contribution in [2.24, 2.45) is 7.05 Å². The number of nitrogens with zero attached hydrogens (tertiary/aromatic N) is 3. The predicted octanol–water partition coefficient (Wildman–Crippen LogP) is 2.62. The molecule has 0 bridgehead atoms. The number of hydrogen-bond acceptors (Lipinski definition) is 4. The van der Waals surface area contributed by atoms with Crippen LogP contribution in [0.15, 0.2) is 34.7 Å². The Labute approximate surface area is 115 Å². The monoisotopic (exact) mass is 277 g/mol. The van der Waals surface area contributed by atoms with Crippen molar-refractivity contribution in [3.63, 3.8) is 0 Å². The summed E-state index contributed by atoms with van der Waals surface area (Å²) in [6, 6.07) is 3.22. The van der Waals surface area contributed by atoms with E-state index in [4.69, 9.17) is 5.11 Å². The van der Waals surface area contributed by atoms with Gasteiger partial charge in [0.1, 0.15) is 5.03 Å². The normalized spacial score (nSPS) is 10.6. The molecule has 100 valence electrons. The molecular formula is C13H15N3O2S. The van der Waals surface area contributed by atoms with Crippen LogP contribution in [-0.4, -0.2) is 25.6 Å². The van der Waals surface area contributed by atoms with Crippen LogP contribution < -0.4 is 0 Å². The van der Waals surface area contributed by atoms with Crippen LogP contribution in [0.25, 0.3) is 0 Å². The number of rotatable bonds is 5. The van der Waals surface area contributed by atoms with Gasteiger partial charge in [-0.1, -0.05) is 13.3 Å². The van der Waals surface area contributed by atoms with E-state index >= 15 is 0 Å². The molecule has 0 aliphatic carbocycles. The number of aromatic carboxylic acids is 1. The van der Waals surface area contributed by atoms with Crippen LogP contribution in [0.5, 0.6) is 0 Å². The van der Waals surface area contributed by atoms with Crippen LogP contribution in [0.4, 0.5) is 0 Å². The summed E-state index contributed by atoms with van der Waals surface area (Å²) in [4.78, 5) is 19.8. The zero-order valence-electron chi connectivity index (χ0n) is 10.8. The van der Waals surface area contributed by atoms with Crippen LogP contribution in [0.1, 0.15) is 29.4 Å². The first-order valence-electron chi connectivity index (χ1n) is 5.99. The summed E-state index contributed by atoms with van der Waals surface area (Å²) < 4.78 is 1.87. The summed E-state index contributed by atoms with van der Waals surface area (Å²) in [5.74, 6) is -0.929. The van der Waals surface area contributed by atoms with Crippen molar-refractivity contribution in [1.82, 2.24) is 14.5 Å². The second-order valence-corrected chi connectivity index (χ2v) is 5.15. The van der Waals surface area contributed by atoms with Crippen LogP contribution in [0.2, 0.25) is 0 Å². The van der Waals surface area contributed by atoms with Crippen LogP contribution in [0.3, 0.4) is 0 Å². The number of carboxylic acid groups (broad SMARTS) is 1. The molecular weight excluding hydrogens is 262 g/mol. The molecule has 0 atom stereocenters. The third-order valence-corrected chi connectivity index (χ3v) is 3.58. The van der Waals surface area contributed by atoms with E-state index in [0.29, 0.717) is 5.03 Å². The second kappa shape index (κ2) is 5.88. The van der Waals surface area contributed by atoms with Gasteiger partial charge in [0.15, 0.2) is 5.16 Å². The first-order chi connectivity index (χ1) is 9.10. The molecule has 2 heterocycles. The molecule has 0 saturated heterocycles. The molecule has 0 fully saturated rings. The van der Waals surface area contributed by atoms with E-state index in [-0.39, 0.29) is 5.56 Å². The van der Waals surface area contributed by atoms with Gasteiger partial charge in [0.2, 0.25) is 0 Å². The number of aryl methyl sites for hydroxylation is 2. The summed E-state index contributed by atoms with van der Waals surface area (Å²) in [7, 11) is 1.89. The summed E-state index contributed by atoms with van der Waals surface area (Å²) in [6.45, 7) is 2.04. The van der Waals surface area contributed by atoms with E-state index in [1.807, 2.05) is 24.7 Å². The average molecular weight is 277 g/mol. The minimum absolute atomic E-state index is 0.273. The highest BCUT2D eigenvalue weighted by Gasteiger charge is 2.11. The maximum atomic E-state index is 11.1. The Morgan fingerprint density at radius 2 is 2.26 bits per heavy atom. The fraction of sp³-hybridized carbons (Fsp3) is 0.308. The van der Waals surface area contributed by atoms with Crippen molar-refractivity contribution in [2.45, 2.75) is 29.9 Å². The third-order valence-electron chi connectivity index (χ3n) is 2.58. The second-order valence-electron chi connectivity index (χ2n) is 4.16. The van der Waals surface area contributed by atoms with Crippen LogP contribution in [0, 0.1) is 0 Å². The Morgan fingerprint density at radius 1 is 1.47 bits per heavy atom. The van der Waals surface area contributed by atoms with Gasteiger partial charge in [0.05, 0.1) is 5.56 Å². The number of hydrogen-bond donors (Lipinski definition) is 1. The summed E-state index contributed by atoms with van der Waals surface area (Å²) >= 11 is 1.37. The number of imidazole rings is 1. The molecule has 2 rings (SSSR count). The zero-order valence-corrected chi connectivity index (χ0v) is 11.6. The predicted molar refractivity (Wildman–Crippen MR) is 72.5 cm³/mol. The zero-order chi connectivity index (χ0) is 13.8. The maximum absolute atomic E-state index is 11.1. The van der Waals surface area contributed by atoms with Crippen molar-refractivity contribution >= 4 is 17.7 Å². The smallest absolute Gasteiger partial charge is 0.335 e. The lowest BCUT2D eigenvalue weighted by Gasteiger charge is -2.06. The Hall–Kier alpha value is -1.82. The van der Waals surface area contributed by atoms with E-state index in [2.05, 4.69) is 9.97 Å². The topological polar surface area (TPSA) is 68.0 Å². The SMILES string of the molecule is CCCc1cc(C(=O)O)cc(Sc2nccn2C)n1. The van der Waals surface area contributed by atoms with Crippen molar-refractivity contribution in [1.29, 1.82) is 0 Å². The Morgan fingerprint density at radius 3 is 2.84 bits per heavy atom. The van der Waals surface area contributed by atoms with E-state index in [9.17, 15) is 4.79 Å². The van der Waals surface area contributed by atoms with Crippen molar-refractivity contribution in [2.75, 3.05) is 0 Å². The molecule has 0 aromatic carbocycles. The fourth-order valence-corrected chi connectivity index (χ4v) is 2.52. The van der Waals surface area contributed by atoms with Gasteiger partial charge in [-0.25, -0.2) is 14.8 Å². The lowest BCUT2D eigenvalue weighted by molar-refractivity contribution is 0.0696. The quantitative estimate of drug-likeness (QED) is 0.910. The largest absolute Gasteiger partial charge is 0.478 e. The minimum atomic E-state index is -0.929. The molecule has 0 radical (unpaired) electrons. The highest BCUT2D eigenvalue weighted by Crippen LogP contribution is 2.25. The van der Waals surface area contributed by atoms with Gasteiger partial charge in [-0.15, -0.1) is 0 Å². The highest BCUT2D eigenvalue weighted by molar-refractivity contribution is 7.99. The standard InChI is InChI=1S/C13H15N3O2S/c1-3-4-10-7-9(12(17)18)8-11(15-10)19-13-14-5-6-16(13)2/h5-8H,3-4H2,1-2H3,(H,17,18). The minimum Gasteiger partial charge on any atom is -0.478 e. The maximum Gasteiger partial charge on any atom is 0.335 e. The summed E-state index contributed by atoms with van der Waals surface area (Å²) in [6.07, 6.45) is 5.25. The van der Waals surface area contributed by atoms with Crippen molar-refractivity contribution in [3.8, 4) is 0 Å². The number of carboxylic acids is 1. The Kier molecular flexibility index (Phi) is 4.21. The van der Waals surface area contributed by atoms with Gasteiger partial charge in [-0.3, -0.25) is 0 Å². The van der Waals surface area contributed by atoms with Crippen molar-refractivity contribution in [3.05, 3.63) is 35.8 Å².